The summed E-state index contributed by atoms with van der Waals surface area (Å²) in [5, 5.41) is 5.55. The first-order chi connectivity index (χ1) is 11.5. The summed E-state index contributed by atoms with van der Waals surface area (Å²) in [5.41, 5.74) is 0.772. The lowest BCUT2D eigenvalue weighted by Gasteiger charge is -2.00. The van der Waals surface area contributed by atoms with Gasteiger partial charge in [0.05, 0.1) is 12.1 Å². The Labute approximate surface area is 133 Å². The summed E-state index contributed by atoms with van der Waals surface area (Å²) in [5.74, 6) is -1.14. The Balaban J connectivity index is 1.52. The molecule has 126 valence electrons. The van der Waals surface area contributed by atoms with E-state index in [-0.39, 0.29) is 36.7 Å². The van der Waals surface area contributed by atoms with Gasteiger partial charge in [0.25, 0.3) is 0 Å². The highest BCUT2D eigenvalue weighted by atomic mass is 19.3. The van der Waals surface area contributed by atoms with Gasteiger partial charge in [-0.1, -0.05) is 11.2 Å². The first-order valence-electron chi connectivity index (χ1n) is 7.03. The maximum Gasteiger partial charge on any atom is 0.300 e. The van der Waals surface area contributed by atoms with Crippen molar-refractivity contribution in [3.05, 3.63) is 41.6 Å². The number of benzene rings is 1. The van der Waals surface area contributed by atoms with E-state index in [4.69, 9.17) is 0 Å². The lowest BCUT2D eigenvalue weighted by atomic mass is 10.3. The Kier molecular flexibility index (Phi) is 4.45. The number of H-pyrrole nitrogens is 1. The highest BCUT2D eigenvalue weighted by Gasteiger charge is 2.16. The first-order valence-corrected chi connectivity index (χ1v) is 7.03. The van der Waals surface area contributed by atoms with Crippen LogP contribution in [0.1, 0.15) is 30.4 Å². The van der Waals surface area contributed by atoms with Gasteiger partial charge in [0.2, 0.25) is 17.6 Å². The third-order valence-electron chi connectivity index (χ3n) is 3.22. The van der Waals surface area contributed by atoms with Crippen LogP contribution in [0.4, 0.5) is 13.2 Å². The Morgan fingerprint density at radius 1 is 1.33 bits per heavy atom. The first kappa shape index (κ1) is 16.0. The second kappa shape index (κ2) is 6.69. The van der Waals surface area contributed by atoms with E-state index in [1.54, 1.807) is 12.1 Å². The average molecular weight is 339 g/mol. The van der Waals surface area contributed by atoms with E-state index in [0.717, 1.165) is 0 Å². The lowest BCUT2D eigenvalue weighted by molar-refractivity contribution is -0.121. The predicted octanol–water partition coefficient (Wildman–Crippen LogP) is 2.27. The van der Waals surface area contributed by atoms with Gasteiger partial charge in [-0.3, -0.25) is 4.79 Å². The van der Waals surface area contributed by atoms with Crippen LogP contribution >= 0.6 is 0 Å². The molecule has 0 unspecified atom stereocenters. The van der Waals surface area contributed by atoms with Crippen molar-refractivity contribution >= 4 is 16.9 Å². The van der Waals surface area contributed by atoms with Gasteiger partial charge >= 0.3 is 6.43 Å². The number of amides is 1. The fraction of sp³-hybridized carbons (Fsp3) is 0.286. The number of hydrogen-bond acceptors (Lipinski definition) is 5. The largest absolute Gasteiger partial charge is 0.347 e. The molecule has 3 rings (SSSR count). The number of imidazole rings is 1. The fourth-order valence-electron chi connectivity index (χ4n) is 2.09. The van der Waals surface area contributed by atoms with E-state index in [9.17, 15) is 18.0 Å². The highest BCUT2D eigenvalue weighted by molar-refractivity contribution is 5.77. The monoisotopic (exact) mass is 339 g/mol. The minimum absolute atomic E-state index is 0.0806. The number of hydrogen-bond donors (Lipinski definition) is 2. The molecule has 24 heavy (non-hydrogen) atoms. The zero-order valence-corrected chi connectivity index (χ0v) is 12.2. The van der Waals surface area contributed by atoms with Crippen molar-refractivity contribution < 1.29 is 22.5 Å². The van der Waals surface area contributed by atoms with Crippen molar-refractivity contribution in [1.29, 1.82) is 0 Å². The maximum atomic E-state index is 13.5. The molecule has 0 aliphatic heterocycles. The normalized spacial score (nSPS) is 11.3. The van der Waals surface area contributed by atoms with Gasteiger partial charge in [-0.25, -0.2) is 18.2 Å². The molecule has 2 N–H and O–H groups in total. The smallest absolute Gasteiger partial charge is 0.300 e. The molecule has 1 aromatic carbocycles. The Morgan fingerprint density at radius 2 is 2.17 bits per heavy atom. The predicted molar refractivity (Wildman–Crippen MR) is 75.5 cm³/mol. The molecule has 0 saturated carbocycles. The molecule has 0 atom stereocenters. The summed E-state index contributed by atoms with van der Waals surface area (Å²) < 4.78 is 42.7. The molecule has 1 amide bonds. The number of nitrogens with zero attached hydrogens (tertiary/aromatic N) is 3. The van der Waals surface area contributed by atoms with Gasteiger partial charge in [0.1, 0.15) is 11.3 Å². The molecule has 10 heteroatoms. The number of alkyl halides is 2. The van der Waals surface area contributed by atoms with Crippen molar-refractivity contribution in [1.82, 2.24) is 25.4 Å². The van der Waals surface area contributed by atoms with E-state index in [1.165, 1.54) is 6.07 Å². The van der Waals surface area contributed by atoms with Crippen LogP contribution in [-0.4, -0.2) is 26.0 Å². The third kappa shape index (κ3) is 3.53. The van der Waals surface area contributed by atoms with E-state index < -0.39 is 18.1 Å². The standard InChI is InChI=1S/C14H12F3N5O2/c15-7-2-1-3-8-12(7)20-9(19-8)4-5-10(23)18-6-11-21-14(13(16)17)22-24-11/h1-3,13H,4-6H2,(H,18,23)(H,19,20). The summed E-state index contributed by atoms with van der Waals surface area (Å²) >= 11 is 0. The highest BCUT2D eigenvalue weighted by Crippen LogP contribution is 2.16. The van der Waals surface area contributed by atoms with Crippen molar-refractivity contribution in [3.63, 3.8) is 0 Å². The molecule has 2 aromatic heterocycles. The van der Waals surface area contributed by atoms with Gasteiger partial charge in [0.15, 0.2) is 5.82 Å². The second-order valence-corrected chi connectivity index (χ2v) is 4.94. The Morgan fingerprint density at radius 3 is 2.88 bits per heavy atom. The number of rotatable bonds is 6. The molecular weight excluding hydrogens is 327 g/mol. The van der Waals surface area contributed by atoms with E-state index in [0.29, 0.717) is 11.3 Å². The van der Waals surface area contributed by atoms with E-state index >= 15 is 0 Å². The van der Waals surface area contributed by atoms with Crippen molar-refractivity contribution in [3.8, 4) is 0 Å². The van der Waals surface area contributed by atoms with Gasteiger partial charge in [-0.15, -0.1) is 0 Å². The molecule has 0 spiro atoms. The SMILES string of the molecule is O=C(CCc1nc2c(F)cccc2[nH]1)NCc1nc(C(F)F)no1. The minimum atomic E-state index is -2.83. The third-order valence-corrected chi connectivity index (χ3v) is 3.22. The number of para-hydroxylation sites is 1. The van der Waals surface area contributed by atoms with Crippen LogP contribution in [0.3, 0.4) is 0 Å². The number of aromatic amines is 1. The summed E-state index contributed by atoms with van der Waals surface area (Å²) in [7, 11) is 0. The summed E-state index contributed by atoms with van der Waals surface area (Å²) in [4.78, 5) is 22.2. The number of nitrogens with one attached hydrogen (secondary N) is 2. The van der Waals surface area contributed by atoms with Crippen LogP contribution in [0.5, 0.6) is 0 Å². The van der Waals surface area contributed by atoms with E-state index in [1.807, 2.05) is 0 Å². The lowest BCUT2D eigenvalue weighted by Crippen LogP contribution is -2.23. The molecule has 0 radical (unpaired) electrons. The fourth-order valence-corrected chi connectivity index (χ4v) is 2.09. The van der Waals surface area contributed by atoms with Crippen molar-refractivity contribution in [2.45, 2.75) is 25.8 Å². The van der Waals surface area contributed by atoms with Gasteiger partial charge in [-0.05, 0) is 12.1 Å². The Bertz CT molecular complexity index is 861. The molecule has 0 fully saturated rings. The molecule has 0 saturated heterocycles. The molecular formula is C14H12F3N5O2. The Hall–Kier alpha value is -2.91. The van der Waals surface area contributed by atoms with Crippen LogP contribution in [0.25, 0.3) is 11.0 Å². The number of carbonyl (C=O) groups excluding carboxylic acids is 1. The van der Waals surface area contributed by atoms with Crippen LogP contribution in [0.15, 0.2) is 22.7 Å². The zero-order valence-electron chi connectivity index (χ0n) is 12.2. The summed E-state index contributed by atoms with van der Waals surface area (Å²) in [6.45, 7) is -0.146. The van der Waals surface area contributed by atoms with Crippen LogP contribution in [0, 0.1) is 5.82 Å². The number of carbonyl (C=O) groups is 1. The minimum Gasteiger partial charge on any atom is -0.347 e. The van der Waals surface area contributed by atoms with Crippen LogP contribution in [-0.2, 0) is 17.8 Å². The number of halogens is 3. The molecule has 7 nitrogen and oxygen atoms in total. The van der Waals surface area contributed by atoms with Crippen molar-refractivity contribution in [2.24, 2.45) is 0 Å². The summed E-state index contributed by atoms with van der Waals surface area (Å²) in [6.07, 6.45) is -2.48. The van der Waals surface area contributed by atoms with Crippen molar-refractivity contribution in [2.75, 3.05) is 0 Å². The number of fused-ring (bicyclic) bond motifs is 1. The number of aromatic nitrogens is 4. The van der Waals surface area contributed by atoms with Gasteiger partial charge < -0.3 is 14.8 Å². The quantitative estimate of drug-likeness (QED) is 0.718. The van der Waals surface area contributed by atoms with Gasteiger partial charge in [0, 0.05) is 12.8 Å². The maximum absolute atomic E-state index is 13.5. The molecule has 3 aromatic rings. The molecule has 0 aliphatic rings. The molecule has 0 bridgehead atoms. The zero-order chi connectivity index (χ0) is 17.1. The molecule has 0 aliphatic carbocycles. The summed E-state index contributed by atoms with van der Waals surface area (Å²) in [6, 6.07) is 4.55. The van der Waals surface area contributed by atoms with E-state index in [2.05, 4.69) is 29.9 Å². The average Bonchev–Trinajstić information content (AvgIpc) is 3.18. The van der Waals surface area contributed by atoms with Gasteiger partial charge in [-0.2, -0.15) is 4.98 Å². The van der Waals surface area contributed by atoms with Crippen LogP contribution < -0.4 is 5.32 Å². The topological polar surface area (TPSA) is 96.7 Å². The van der Waals surface area contributed by atoms with Crippen LogP contribution in [0.2, 0.25) is 0 Å². The number of aryl methyl sites for hydroxylation is 1. The molecule has 2 heterocycles. The second-order valence-electron chi connectivity index (χ2n) is 4.94.